The second-order valence-corrected chi connectivity index (χ2v) is 4.30. The molecule has 0 radical (unpaired) electrons. The smallest absolute Gasteiger partial charge is 0.153 e. The zero-order chi connectivity index (χ0) is 11.0. The van der Waals surface area contributed by atoms with Gasteiger partial charge in [-0.05, 0) is 23.7 Å². The Balaban J connectivity index is 2.00. The van der Waals surface area contributed by atoms with Crippen molar-refractivity contribution in [3.63, 3.8) is 0 Å². The summed E-state index contributed by atoms with van der Waals surface area (Å²) >= 11 is 1.46. The number of hydrogen-bond donors (Lipinski definition) is 1. The van der Waals surface area contributed by atoms with Crippen LogP contribution in [-0.4, -0.2) is 14.2 Å². The van der Waals surface area contributed by atoms with Crippen LogP contribution in [0.15, 0.2) is 36.5 Å². The maximum Gasteiger partial charge on any atom is 0.153 e. The van der Waals surface area contributed by atoms with E-state index in [-0.39, 0.29) is 0 Å². The van der Waals surface area contributed by atoms with Gasteiger partial charge in [0.25, 0.3) is 0 Å². The van der Waals surface area contributed by atoms with Crippen molar-refractivity contribution in [3.05, 3.63) is 36.5 Å². The molecule has 0 bridgehead atoms. The average molecular weight is 230 g/mol. The van der Waals surface area contributed by atoms with Crippen molar-refractivity contribution in [3.8, 4) is 0 Å². The van der Waals surface area contributed by atoms with E-state index in [2.05, 4.69) is 20.9 Å². The summed E-state index contributed by atoms with van der Waals surface area (Å²) in [7, 11) is 1.90. The molecule has 0 aliphatic heterocycles. The first-order valence-electron chi connectivity index (χ1n) is 4.94. The predicted octanol–water partition coefficient (Wildman–Crippen LogP) is 2.77. The fourth-order valence-corrected chi connectivity index (χ4v) is 2.35. The number of fused-ring (bicyclic) bond motifs is 1. The Kier molecular flexibility index (Phi) is 2.11. The largest absolute Gasteiger partial charge is 0.329 e. The van der Waals surface area contributed by atoms with Crippen LogP contribution in [-0.2, 0) is 7.05 Å². The van der Waals surface area contributed by atoms with E-state index >= 15 is 0 Å². The van der Waals surface area contributed by atoms with Gasteiger partial charge in [-0.2, -0.15) is 9.47 Å². The minimum Gasteiger partial charge on any atom is -0.329 e. The number of rotatable bonds is 2. The maximum atomic E-state index is 4.37. The Morgan fingerprint density at radius 1 is 1.25 bits per heavy atom. The van der Waals surface area contributed by atoms with Crippen molar-refractivity contribution in [2.24, 2.45) is 7.05 Å². The van der Waals surface area contributed by atoms with Crippen molar-refractivity contribution in [1.29, 1.82) is 0 Å². The van der Waals surface area contributed by atoms with Crippen LogP contribution in [0.5, 0.6) is 0 Å². The van der Waals surface area contributed by atoms with E-state index in [1.165, 1.54) is 11.5 Å². The molecule has 0 atom stereocenters. The summed E-state index contributed by atoms with van der Waals surface area (Å²) in [5.41, 5.74) is 1.02. The number of nitrogens with one attached hydrogen (secondary N) is 1. The van der Waals surface area contributed by atoms with Gasteiger partial charge in [0.2, 0.25) is 0 Å². The summed E-state index contributed by atoms with van der Waals surface area (Å²) in [4.78, 5) is 0. The SMILES string of the molecule is Cn1ccc(Nc2snc3ccccc23)n1. The molecule has 3 aromatic rings. The number of aromatic nitrogens is 3. The van der Waals surface area contributed by atoms with E-state index in [1.54, 1.807) is 4.68 Å². The van der Waals surface area contributed by atoms with Crippen LogP contribution >= 0.6 is 11.5 Å². The zero-order valence-corrected chi connectivity index (χ0v) is 9.53. The maximum absolute atomic E-state index is 4.37. The van der Waals surface area contributed by atoms with Gasteiger partial charge in [0.05, 0.1) is 5.52 Å². The average Bonchev–Trinajstić information content (AvgIpc) is 2.87. The third kappa shape index (κ3) is 1.55. The second kappa shape index (κ2) is 3.61. The first-order valence-corrected chi connectivity index (χ1v) is 5.71. The lowest BCUT2D eigenvalue weighted by molar-refractivity contribution is 0.771. The van der Waals surface area contributed by atoms with Crippen LogP contribution in [0.2, 0.25) is 0 Å². The minimum atomic E-state index is 0.844. The molecular weight excluding hydrogens is 220 g/mol. The van der Waals surface area contributed by atoms with E-state index in [4.69, 9.17) is 0 Å². The van der Waals surface area contributed by atoms with Gasteiger partial charge in [0.1, 0.15) is 5.00 Å². The number of nitrogens with zero attached hydrogens (tertiary/aromatic N) is 3. The van der Waals surface area contributed by atoms with Gasteiger partial charge >= 0.3 is 0 Å². The highest BCUT2D eigenvalue weighted by Gasteiger charge is 2.06. The predicted molar refractivity (Wildman–Crippen MR) is 66.1 cm³/mol. The van der Waals surface area contributed by atoms with Gasteiger partial charge in [-0.1, -0.05) is 12.1 Å². The Labute approximate surface area is 96.7 Å². The van der Waals surface area contributed by atoms with Crippen LogP contribution in [0.25, 0.3) is 10.9 Å². The molecule has 2 heterocycles. The third-order valence-corrected chi connectivity index (χ3v) is 3.13. The normalized spacial score (nSPS) is 10.8. The summed E-state index contributed by atoms with van der Waals surface area (Å²) in [5.74, 6) is 0.844. The molecule has 1 aromatic carbocycles. The zero-order valence-electron chi connectivity index (χ0n) is 8.71. The molecule has 0 saturated heterocycles. The van der Waals surface area contributed by atoms with E-state index in [1.807, 2.05) is 37.5 Å². The summed E-state index contributed by atoms with van der Waals surface area (Å²) in [6.45, 7) is 0. The molecule has 0 spiro atoms. The third-order valence-electron chi connectivity index (χ3n) is 2.34. The number of aryl methyl sites for hydroxylation is 1. The second-order valence-electron chi connectivity index (χ2n) is 3.53. The fourth-order valence-electron chi connectivity index (χ4n) is 1.58. The van der Waals surface area contributed by atoms with E-state index in [0.717, 1.165) is 21.7 Å². The van der Waals surface area contributed by atoms with E-state index < -0.39 is 0 Å². The number of benzene rings is 1. The molecule has 5 heteroatoms. The first-order chi connectivity index (χ1) is 7.83. The van der Waals surface area contributed by atoms with Crippen LogP contribution < -0.4 is 5.32 Å². The van der Waals surface area contributed by atoms with Crippen molar-refractivity contribution in [1.82, 2.24) is 14.2 Å². The summed E-state index contributed by atoms with van der Waals surface area (Å²) < 4.78 is 6.14. The molecule has 3 rings (SSSR count). The Morgan fingerprint density at radius 3 is 2.94 bits per heavy atom. The van der Waals surface area contributed by atoms with Gasteiger partial charge in [-0.15, -0.1) is 0 Å². The highest BCUT2D eigenvalue weighted by Crippen LogP contribution is 2.29. The minimum absolute atomic E-state index is 0.844. The molecular formula is C11H10N4S. The summed E-state index contributed by atoms with van der Waals surface area (Å²) in [6, 6.07) is 10.0. The summed E-state index contributed by atoms with van der Waals surface area (Å²) in [6.07, 6.45) is 1.91. The fraction of sp³-hybridized carbons (Fsp3) is 0.0909. The van der Waals surface area contributed by atoms with Gasteiger partial charge in [0.15, 0.2) is 5.82 Å². The van der Waals surface area contributed by atoms with E-state index in [0.29, 0.717) is 0 Å². The molecule has 4 nitrogen and oxygen atoms in total. The highest BCUT2D eigenvalue weighted by atomic mass is 32.1. The Morgan fingerprint density at radius 2 is 2.12 bits per heavy atom. The van der Waals surface area contributed by atoms with Crippen LogP contribution in [0.1, 0.15) is 0 Å². The lowest BCUT2D eigenvalue weighted by Crippen LogP contribution is -1.92. The molecule has 80 valence electrons. The number of anilines is 2. The standard InChI is InChI=1S/C11H10N4S/c1-15-7-6-10(13-15)12-11-8-4-2-3-5-9(8)14-16-11/h2-7H,1H3,(H,12,13). The Bertz CT molecular complexity index is 625. The van der Waals surface area contributed by atoms with Gasteiger partial charge < -0.3 is 5.32 Å². The molecule has 16 heavy (non-hydrogen) atoms. The van der Waals surface area contributed by atoms with Gasteiger partial charge in [-0.25, -0.2) is 0 Å². The molecule has 0 amide bonds. The lowest BCUT2D eigenvalue weighted by atomic mass is 10.2. The highest BCUT2D eigenvalue weighted by molar-refractivity contribution is 7.11. The van der Waals surface area contributed by atoms with Crippen molar-refractivity contribution in [2.75, 3.05) is 5.32 Å². The molecule has 2 aromatic heterocycles. The molecule has 0 unspecified atom stereocenters. The van der Waals surface area contributed by atoms with Crippen molar-refractivity contribution >= 4 is 33.3 Å². The quantitative estimate of drug-likeness (QED) is 0.736. The van der Waals surface area contributed by atoms with Crippen LogP contribution in [0.3, 0.4) is 0 Å². The van der Waals surface area contributed by atoms with Crippen molar-refractivity contribution < 1.29 is 0 Å². The van der Waals surface area contributed by atoms with Crippen LogP contribution in [0.4, 0.5) is 10.8 Å². The molecule has 1 N–H and O–H groups in total. The summed E-state index contributed by atoms with van der Waals surface area (Å²) in [5, 5.41) is 9.72. The van der Waals surface area contributed by atoms with E-state index in [9.17, 15) is 0 Å². The van der Waals surface area contributed by atoms with Crippen LogP contribution in [0, 0.1) is 0 Å². The monoisotopic (exact) mass is 230 g/mol. The first kappa shape index (κ1) is 9.35. The molecule has 0 fully saturated rings. The Hall–Kier alpha value is -1.88. The van der Waals surface area contributed by atoms with Crippen molar-refractivity contribution in [2.45, 2.75) is 0 Å². The molecule has 0 saturated carbocycles. The lowest BCUT2D eigenvalue weighted by Gasteiger charge is -1.98. The molecule has 0 aliphatic rings. The van der Waals surface area contributed by atoms with Gasteiger partial charge in [-0.3, -0.25) is 4.68 Å². The topological polar surface area (TPSA) is 42.7 Å². The molecule has 0 aliphatic carbocycles. The number of hydrogen-bond acceptors (Lipinski definition) is 4. The van der Waals surface area contributed by atoms with Gasteiger partial charge in [0, 0.05) is 24.7 Å².